The van der Waals surface area contributed by atoms with Crippen molar-refractivity contribution in [2.75, 3.05) is 30.4 Å². The predicted octanol–water partition coefficient (Wildman–Crippen LogP) is 3.48. The Balaban J connectivity index is 1.38. The second kappa shape index (κ2) is 6.90. The van der Waals surface area contributed by atoms with Gasteiger partial charge >= 0.3 is 0 Å². The molecule has 2 aliphatic rings. The number of aromatic amines is 1. The van der Waals surface area contributed by atoms with E-state index in [9.17, 15) is 8.78 Å². The average Bonchev–Trinajstić information content (AvgIpc) is 3.28. The second-order valence-corrected chi connectivity index (χ2v) is 8.38. The molecule has 0 aromatic carbocycles. The van der Waals surface area contributed by atoms with Gasteiger partial charge in [0.15, 0.2) is 5.13 Å². The van der Waals surface area contributed by atoms with Crippen LogP contribution in [0.5, 0.6) is 5.88 Å². The normalized spacial score (nSPS) is 17.8. The summed E-state index contributed by atoms with van der Waals surface area (Å²) in [6, 6.07) is 1.67. The third kappa shape index (κ3) is 3.50. The Labute approximate surface area is 169 Å². The monoisotopic (exact) mass is 419 g/mol. The maximum Gasteiger partial charge on any atom is 0.248 e. The molecule has 0 amide bonds. The minimum absolute atomic E-state index is 0.00711. The van der Waals surface area contributed by atoms with Gasteiger partial charge in [-0.05, 0) is 5.92 Å². The fourth-order valence-electron chi connectivity index (χ4n) is 3.85. The van der Waals surface area contributed by atoms with Crippen LogP contribution in [-0.2, 0) is 6.42 Å². The molecule has 0 saturated heterocycles. The van der Waals surface area contributed by atoms with Gasteiger partial charge in [0.2, 0.25) is 17.8 Å². The molecule has 3 aromatic heterocycles. The van der Waals surface area contributed by atoms with E-state index in [1.165, 1.54) is 11.3 Å². The molecule has 11 heteroatoms. The second-order valence-electron chi connectivity index (χ2n) is 7.30. The van der Waals surface area contributed by atoms with Crippen LogP contribution in [0.15, 0.2) is 18.5 Å². The number of thiazole rings is 1. The highest BCUT2D eigenvalue weighted by Gasteiger charge is 2.46. The van der Waals surface area contributed by atoms with Crippen LogP contribution in [0.1, 0.15) is 17.7 Å². The Hall–Kier alpha value is -2.82. The van der Waals surface area contributed by atoms with E-state index in [-0.39, 0.29) is 18.8 Å². The molecule has 5 rings (SSSR count). The van der Waals surface area contributed by atoms with Crippen molar-refractivity contribution < 1.29 is 13.5 Å². The average molecular weight is 419 g/mol. The molecule has 4 heterocycles. The Morgan fingerprint density at radius 1 is 1.38 bits per heavy atom. The van der Waals surface area contributed by atoms with Crippen LogP contribution < -0.4 is 15.0 Å². The van der Waals surface area contributed by atoms with Crippen LogP contribution >= 0.6 is 11.3 Å². The number of hydrogen-bond donors (Lipinski definition) is 2. The zero-order valence-electron chi connectivity index (χ0n) is 15.7. The molecule has 3 aromatic rings. The summed E-state index contributed by atoms with van der Waals surface area (Å²) in [5.74, 6) is -0.778. The molecule has 152 valence electrons. The van der Waals surface area contributed by atoms with Gasteiger partial charge in [0, 0.05) is 49.5 Å². The molecule has 0 radical (unpaired) electrons. The number of aromatic nitrogens is 5. The van der Waals surface area contributed by atoms with E-state index >= 15 is 0 Å². The number of hydrogen-bond acceptors (Lipinski definition) is 8. The van der Waals surface area contributed by atoms with Gasteiger partial charge in [-0.1, -0.05) is 0 Å². The lowest BCUT2D eigenvalue weighted by Crippen LogP contribution is -2.43. The number of ether oxygens (including phenoxy) is 1. The van der Waals surface area contributed by atoms with Gasteiger partial charge in [-0.25, -0.2) is 18.7 Å². The largest absolute Gasteiger partial charge is 0.481 e. The van der Waals surface area contributed by atoms with E-state index in [0.29, 0.717) is 23.5 Å². The van der Waals surface area contributed by atoms with Crippen LogP contribution in [0.4, 0.5) is 25.7 Å². The molecule has 8 nitrogen and oxygen atoms in total. The summed E-state index contributed by atoms with van der Waals surface area (Å²) in [7, 11) is 1.55. The highest BCUT2D eigenvalue weighted by Crippen LogP contribution is 2.45. The van der Waals surface area contributed by atoms with E-state index < -0.39 is 5.92 Å². The Kier molecular flexibility index (Phi) is 4.34. The zero-order valence-corrected chi connectivity index (χ0v) is 16.5. The summed E-state index contributed by atoms with van der Waals surface area (Å²) in [4.78, 5) is 16.4. The highest BCUT2D eigenvalue weighted by atomic mass is 32.1. The fourth-order valence-corrected chi connectivity index (χ4v) is 4.81. The van der Waals surface area contributed by atoms with Crippen LogP contribution in [-0.4, -0.2) is 51.3 Å². The van der Waals surface area contributed by atoms with Crippen LogP contribution in [0.25, 0.3) is 11.3 Å². The Morgan fingerprint density at radius 2 is 2.24 bits per heavy atom. The van der Waals surface area contributed by atoms with E-state index in [1.54, 1.807) is 25.6 Å². The van der Waals surface area contributed by atoms with Crippen molar-refractivity contribution in [1.82, 2.24) is 25.1 Å². The number of alkyl halides is 2. The van der Waals surface area contributed by atoms with E-state index in [1.807, 2.05) is 0 Å². The number of nitrogens with zero attached hydrogens (tertiary/aromatic N) is 5. The lowest BCUT2D eigenvalue weighted by atomic mass is 9.81. The lowest BCUT2D eigenvalue weighted by Gasteiger charge is -2.38. The van der Waals surface area contributed by atoms with E-state index in [0.717, 1.165) is 34.9 Å². The third-order valence-electron chi connectivity index (χ3n) is 5.21. The van der Waals surface area contributed by atoms with Crippen LogP contribution in [0.3, 0.4) is 0 Å². The van der Waals surface area contributed by atoms with Crippen molar-refractivity contribution in [3.8, 4) is 17.1 Å². The summed E-state index contributed by atoms with van der Waals surface area (Å²) in [6.45, 7) is 1.32. The fraction of sp³-hybridized carbons (Fsp3) is 0.444. The summed E-state index contributed by atoms with van der Waals surface area (Å²) in [6.07, 6.45) is 4.05. The molecule has 0 unspecified atom stereocenters. The summed E-state index contributed by atoms with van der Waals surface area (Å²) >= 11 is 1.53. The van der Waals surface area contributed by atoms with Gasteiger partial charge in [0.25, 0.3) is 0 Å². The maximum atomic E-state index is 13.2. The first kappa shape index (κ1) is 18.2. The summed E-state index contributed by atoms with van der Waals surface area (Å²) in [5, 5.41) is 11.0. The van der Waals surface area contributed by atoms with Crippen molar-refractivity contribution in [2.45, 2.75) is 25.2 Å². The number of rotatable bonds is 5. The van der Waals surface area contributed by atoms with Crippen molar-refractivity contribution in [3.05, 3.63) is 23.3 Å². The number of H-pyrrole nitrogens is 1. The predicted molar refractivity (Wildman–Crippen MR) is 105 cm³/mol. The molecular weight excluding hydrogens is 400 g/mol. The molecule has 0 bridgehead atoms. The first-order valence-electron chi connectivity index (χ1n) is 9.31. The Bertz CT molecular complexity index is 1030. The maximum absolute atomic E-state index is 13.2. The highest BCUT2D eigenvalue weighted by molar-refractivity contribution is 7.16. The molecule has 0 atom stereocenters. The van der Waals surface area contributed by atoms with Gasteiger partial charge in [0.05, 0.1) is 24.6 Å². The molecule has 1 aliphatic heterocycles. The minimum atomic E-state index is -2.50. The Morgan fingerprint density at radius 3 is 3.03 bits per heavy atom. The van der Waals surface area contributed by atoms with Gasteiger partial charge < -0.3 is 9.64 Å². The summed E-state index contributed by atoms with van der Waals surface area (Å²) < 4.78 is 31.6. The molecule has 1 aliphatic carbocycles. The zero-order chi connectivity index (χ0) is 20.0. The van der Waals surface area contributed by atoms with Crippen LogP contribution in [0, 0.1) is 5.92 Å². The number of anilines is 3. The molecule has 2 N–H and O–H groups in total. The molecule has 29 heavy (non-hydrogen) atoms. The van der Waals surface area contributed by atoms with Crippen molar-refractivity contribution in [1.29, 1.82) is 0 Å². The van der Waals surface area contributed by atoms with Crippen molar-refractivity contribution >= 4 is 28.2 Å². The standard InChI is InChI=1S/C18H19F2N7OS/c1-28-13-2-4-21-16(23-13)25-17-24-14-11-8-22-26-15(11)27(5-3-12(14)29-17)9-10-6-18(19,20)7-10/h2,4,8,10H,3,5-7,9H2,1H3,(H,22,26)(H,21,23,24,25). The lowest BCUT2D eigenvalue weighted by molar-refractivity contribution is -0.107. The van der Waals surface area contributed by atoms with Crippen LogP contribution in [0.2, 0.25) is 0 Å². The van der Waals surface area contributed by atoms with Gasteiger partial charge in [-0.2, -0.15) is 10.1 Å². The molecule has 0 spiro atoms. The van der Waals surface area contributed by atoms with Crippen molar-refractivity contribution in [2.24, 2.45) is 5.92 Å². The SMILES string of the molecule is COc1ccnc(Nc2nc3c(s2)CCN(CC2CC(F)(F)C2)c2[nH]ncc2-3)n1. The molecule has 1 saturated carbocycles. The van der Waals surface area contributed by atoms with Gasteiger partial charge in [-0.3, -0.25) is 10.4 Å². The molecule has 1 fully saturated rings. The number of nitrogens with one attached hydrogen (secondary N) is 2. The number of methoxy groups -OCH3 is 1. The molecular formula is C18H19F2N7OS. The first-order chi connectivity index (χ1) is 14.0. The smallest absolute Gasteiger partial charge is 0.248 e. The third-order valence-corrected chi connectivity index (χ3v) is 6.24. The topological polar surface area (TPSA) is 91.8 Å². The van der Waals surface area contributed by atoms with E-state index in [2.05, 4.69) is 30.4 Å². The minimum Gasteiger partial charge on any atom is -0.481 e. The number of halogens is 2. The van der Waals surface area contributed by atoms with E-state index in [4.69, 9.17) is 9.72 Å². The van der Waals surface area contributed by atoms with Gasteiger partial charge in [0.1, 0.15) is 5.82 Å². The first-order valence-corrected chi connectivity index (χ1v) is 10.1. The van der Waals surface area contributed by atoms with Gasteiger partial charge in [-0.15, -0.1) is 11.3 Å². The number of fused-ring (bicyclic) bond motifs is 3. The summed E-state index contributed by atoms with van der Waals surface area (Å²) in [5.41, 5.74) is 1.74. The quantitative estimate of drug-likeness (QED) is 0.654. The van der Waals surface area contributed by atoms with Crippen molar-refractivity contribution in [3.63, 3.8) is 0 Å².